The van der Waals surface area contributed by atoms with E-state index in [1.165, 1.54) is 44.1 Å². The summed E-state index contributed by atoms with van der Waals surface area (Å²) in [7, 11) is 0. The molecule has 3 heteroatoms. The fraction of sp³-hybridized carbons (Fsp3) is 0.0732. The molecule has 2 heterocycles. The third kappa shape index (κ3) is 3.50. The number of nitrogens with zero attached hydrogens (tertiary/aromatic N) is 3. The minimum Gasteiger partial charge on any atom is -0.309 e. The van der Waals surface area contributed by atoms with Gasteiger partial charge in [-0.25, -0.2) is 9.97 Å². The minimum absolute atomic E-state index is 0.101. The number of hydrogen-bond acceptors (Lipinski definition) is 2. The van der Waals surface area contributed by atoms with Gasteiger partial charge in [-0.2, -0.15) is 0 Å². The summed E-state index contributed by atoms with van der Waals surface area (Å²) < 4.78 is 2.43. The first kappa shape index (κ1) is 25.0. The van der Waals surface area contributed by atoms with E-state index in [9.17, 15) is 0 Å². The smallest absolute Gasteiger partial charge is 0.160 e. The first-order valence-corrected chi connectivity index (χ1v) is 15.2. The molecular weight excluding hydrogens is 534 g/mol. The van der Waals surface area contributed by atoms with Crippen molar-refractivity contribution in [1.82, 2.24) is 14.5 Å². The fourth-order valence-corrected chi connectivity index (χ4v) is 7.42. The fourth-order valence-electron chi connectivity index (χ4n) is 7.42. The zero-order valence-corrected chi connectivity index (χ0v) is 24.6. The van der Waals surface area contributed by atoms with Gasteiger partial charge in [0.05, 0.1) is 22.2 Å². The average Bonchev–Trinajstić information content (AvgIpc) is 3.53. The van der Waals surface area contributed by atoms with Crippen molar-refractivity contribution < 1.29 is 0 Å². The van der Waals surface area contributed by atoms with Gasteiger partial charge in [0.2, 0.25) is 0 Å². The van der Waals surface area contributed by atoms with Crippen LogP contribution in [0.3, 0.4) is 0 Å². The van der Waals surface area contributed by atoms with Crippen LogP contribution < -0.4 is 0 Å². The molecule has 44 heavy (non-hydrogen) atoms. The summed E-state index contributed by atoms with van der Waals surface area (Å²) in [4.78, 5) is 10.1. The van der Waals surface area contributed by atoms with Crippen molar-refractivity contribution in [3.8, 4) is 39.5 Å². The van der Waals surface area contributed by atoms with Crippen LogP contribution in [0.5, 0.6) is 0 Å². The number of aromatic nitrogens is 3. The maximum atomic E-state index is 5.16. The molecule has 0 saturated carbocycles. The first-order valence-electron chi connectivity index (χ1n) is 15.2. The predicted molar refractivity (Wildman–Crippen MR) is 182 cm³/mol. The average molecular weight is 564 g/mol. The molecule has 0 fully saturated rings. The number of hydrogen-bond donors (Lipinski definition) is 0. The summed E-state index contributed by atoms with van der Waals surface area (Å²) in [5.74, 6) is 0.735. The topological polar surface area (TPSA) is 30.7 Å². The molecule has 0 bridgehead atoms. The highest BCUT2D eigenvalue weighted by molar-refractivity contribution is 6.14. The van der Waals surface area contributed by atoms with Gasteiger partial charge >= 0.3 is 0 Å². The van der Waals surface area contributed by atoms with Crippen molar-refractivity contribution >= 4 is 32.7 Å². The molecule has 1 aliphatic carbocycles. The van der Waals surface area contributed by atoms with Crippen LogP contribution in [0.25, 0.3) is 72.2 Å². The highest BCUT2D eigenvalue weighted by Crippen LogP contribution is 2.53. The van der Waals surface area contributed by atoms with Crippen LogP contribution in [-0.4, -0.2) is 14.5 Å². The lowest BCUT2D eigenvalue weighted by molar-refractivity contribution is 0.666. The Morgan fingerprint density at radius 1 is 0.545 bits per heavy atom. The standard InChI is InChI=1S/C41H29N3/c1-41(2)33-20-9-6-17-29(33)30-23-24-36-37(38(30)41)32-19-8-11-22-35(32)44(36)28-16-12-15-27(25-28)39-31-18-7-10-21-34(31)42-40(43-39)26-13-4-3-5-14-26/h3-25H,1-2H3. The van der Waals surface area contributed by atoms with E-state index in [0.717, 1.165) is 39.2 Å². The van der Waals surface area contributed by atoms with Crippen molar-refractivity contribution in [2.24, 2.45) is 0 Å². The molecule has 0 N–H and O–H groups in total. The summed E-state index contributed by atoms with van der Waals surface area (Å²) in [6.07, 6.45) is 0. The van der Waals surface area contributed by atoms with Gasteiger partial charge in [-0.15, -0.1) is 0 Å². The van der Waals surface area contributed by atoms with Gasteiger partial charge in [0, 0.05) is 38.4 Å². The van der Waals surface area contributed by atoms with Crippen molar-refractivity contribution in [1.29, 1.82) is 0 Å². The molecule has 0 radical (unpaired) electrons. The van der Waals surface area contributed by atoms with E-state index in [2.05, 4.69) is 134 Å². The lowest BCUT2D eigenvalue weighted by Gasteiger charge is -2.22. The Balaban J connectivity index is 1.30. The summed E-state index contributed by atoms with van der Waals surface area (Å²) >= 11 is 0. The molecular formula is C41H29N3. The lowest BCUT2D eigenvalue weighted by Crippen LogP contribution is -2.15. The molecule has 0 amide bonds. The van der Waals surface area contributed by atoms with Crippen LogP contribution in [-0.2, 0) is 5.41 Å². The molecule has 1 aliphatic rings. The van der Waals surface area contributed by atoms with Gasteiger partial charge in [-0.3, -0.25) is 0 Å². The maximum Gasteiger partial charge on any atom is 0.160 e. The number of para-hydroxylation sites is 2. The van der Waals surface area contributed by atoms with Gasteiger partial charge in [-0.05, 0) is 52.6 Å². The van der Waals surface area contributed by atoms with Crippen LogP contribution >= 0.6 is 0 Å². The molecule has 3 nitrogen and oxygen atoms in total. The molecule has 2 aromatic heterocycles. The molecule has 0 atom stereocenters. The van der Waals surface area contributed by atoms with Crippen molar-refractivity contribution in [3.05, 3.63) is 151 Å². The van der Waals surface area contributed by atoms with Gasteiger partial charge in [0.1, 0.15) is 0 Å². The Morgan fingerprint density at radius 2 is 1.27 bits per heavy atom. The second kappa shape index (κ2) is 9.23. The van der Waals surface area contributed by atoms with Gasteiger partial charge in [0.25, 0.3) is 0 Å². The Hall–Kier alpha value is -5.54. The molecule has 208 valence electrons. The molecule has 9 rings (SSSR count). The largest absolute Gasteiger partial charge is 0.309 e. The predicted octanol–water partition coefficient (Wildman–Crippen LogP) is 10.4. The van der Waals surface area contributed by atoms with E-state index in [0.29, 0.717) is 0 Å². The molecule has 8 aromatic rings. The number of rotatable bonds is 3. The van der Waals surface area contributed by atoms with Crippen molar-refractivity contribution in [3.63, 3.8) is 0 Å². The van der Waals surface area contributed by atoms with Crippen LogP contribution in [0.4, 0.5) is 0 Å². The highest BCUT2D eigenvalue weighted by atomic mass is 15.0. The van der Waals surface area contributed by atoms with Crippen molar-refractivity contribution in [2.75, 3.05) is 0 Å². The van der Waals surface area contributed by atoms with Crippen LogP contribution in [0.1, 0.15) is 25.0 Å². The van der Waals surface area contributed by atoms with E-state index in [4.69, 9.17) is 9.97 Å². The van der Waals surface area contributed by atoms with E-state index in [-0.39, 0.29) is 5.41 Å². The molecule has 0 aliphatic heterocycles. The van der Waals surface area contributed by atoms with Crippen LogP contribution in [0, 0.1) is 0 Å². The quantitative estimate of drug-likeness (QED) is 0.214. The summed E-state index contributed by atoms with van der Waals surface area (Å²) in [6, 6.07) is 49.7. The number of benzene rings is 6. The summed E-state index contributed by atoms with van der Waals surface area (Å²) in [5.41, 5.74) is 12.9. The normalized spacial score (nSPS) is 13.4. The number of fused-ring (bicyclic) bond motifs is 8. The maximum absolute atomic E-state index is 5.16. The molecule has 6 aromatic carbocycles. The third-order valence-corrected chi connectivity index (χ3v) is 9.37. The van der Waals surface area contributed by atoms with E-state index in [1.54, 1.807) is 0 Å². The summed E-state index contributed by atoms with van der Waals surface area (Å²) in [6.45, 7) is 4.74. The molecule has 0 saturated heterocycles. The van der Waals surface area contributed by atoms with Gasteiger partial charge in [-0.1, -0.05) is 123 Å². The van der Waals surface area contributed by atoms with E-state index in [1.807, 2.05) is 24.3 Å². The Kier molecular flexibility index (Phi) is 5.24. The summed E-state index contributed by atoms with van der Waals surface area (Å²) in [5, 5.41) is 3.66. The second-order valence-corrected chi connectivity index (χ2v) is 12.2. The zero-order chi connectivity index (χ0) is 29.4. The Bertz CT molecular complexity index is 2410. The van der Waals surface area contributed by atoms with Gasteiger partial charge in [0.15, 0.2) is 5.82 Å². The Labute approximate surface area is 256 Å². The first-order chi connectivity index (χ1) is 21.6. The second-order valence-electron chi connectivity index (χ2n) is 12.2. The van der Waals surface area contributed by atoms with E-state index < -0.39 is 0 Å². The van der Waals surface area contributed by atoms with Gasteiger partial charge < -0.3 is 4.57 Å². The molecule has 0 unspecified atom stereocenters. The monoisotopic (exact) mass is 563 g/mol. The molecule has 0 spiro atoms. The van der Waals surface area contributed by atoms with Crippen LogP contribution in [0.2, 0.25) is 0 Å². The van der Waals surface area contributed by atoms with E-state index >= 15 is 0 Å². The zero-order valence-electron chi connectivity index (χ0n) is 24.6. The lowest BCUT2D eigenvalue weighted by atomic mass is 9.80. The SMILES string of the molecule is CC1(C)c2ccccc2-c2ccc3c(c21)c1ccccc1n3-c1cccc(-c2nc(-c3ccccc3)nc3ccccc23)c1. The third-order valence-electron chi connectivity index (χ3n) is 9.37. The van der Waals surface area contributed by atoms with Crippen LogP contribution in [0.15, 0.2) is 140 Å². The Morgan fingerprint density at radius 3 is 2.16 bits per heavy atom. The highest BCUT2D eigenvalue weighted by Gasteiger charge is 2.37. The minimum atomic E-state index is -0.101. The van der Waals surface area contributed by atoms with Crippen molar-refractivity contribution in [2.45, 2.75) is 19.3 Å².